The molecule has 1 atom stereocenters. The number of thiocarbonyl (C=S) groups is 1. The fourth-order valence-corrected chi connectivity index (χ4v) is 1.50. The molecule has 0 aromatic heterocycles. The van der Waals surface area contributed by atoms with E-state index in [0.717, 1.165) is 12.3 Å². The molecule has 62 valence electrons. The van der Waals surface area contributed by atoms with Crippen molar-refractivity contribution < 1.29 is 0 Å². The summed E-state index contributed by atoms with van der Waals surface area (Å²) in [6.45, 7) is 4.44. The van der Waals surface area contributed by atoms with Gasteiger partial charge in [0.2, 0.25) is 0 Å². The lowest BCUT2D eigenvalue weighted by Gasteiger charge is -2.21. The van der Waals surface area contributed by atoms with Crippen molar-refractivity contribution >= 4 is 23.5 Å². The molecule has 0 amide bonds. The molecule has 3 heteroatoms. The van der Waals surface area contributed by atoms with E-state index in [-0.39, 0.29) is 0 Å². The average molecular weight is 170 g/mol. The molecule has 1 unspecified atom stereocenters. The van der Waals surface area contributed by atoms with E-state index in [9.17, 15) is 0 Å². The molecule has 0 aromatic rings. The van der Waals surface area contributed by atoms with Crippen LogP contribution < -0.4 is 5.32 Å². The van der Waals surface area contributed by atoms with Crippen LogP contribution in [0.4, 0.5) is 0 Å². The summed E-state index contributed by atoms with van der Waals surface area (Å²) in [5, 5.41) is 3.82. The van der Waals surface area contributed by atoms with Crippen LogP contribution in [0.15, 0.2) is 4.99 Å². The zero-order valence-electron chi connectivity index (χ0n) is 7.00. The largest absolute Gasteiger partial charge is 0.358 e. The molecule has 1 heterocycles. The van der Waals surface area contributed by atoms with Crippen LogP contribution in [-0.2, 0) is 0 Å². The van der Waals surface area contributed by atoms with E-state index in [0.29, 0.717) is 11.2 Å². The third-order valence-electron chi connectivity index (χ3n) is 1.68. The fraction of sp³-hybridized carbons (Fsp3) is 0.750. The van der Waals surface area contributed by atoms with E-state index in [1.54, 1.807) is 0 Å². The molecular formula is C8H14N2S. The van der Waals surface area contributed by atoms with Gasteiger partial charge >= 0.3 is 0 Å². The van der Waals surface area contributed by atoms with Crippen molar-refractivity contribution in [1.29, 1.82) is 0 Å². The van der Waals surface area contributed by atoms with Gasteiger partial charge in [0.1, 0.15) is 0 Å². The van der Waals surface area contributed by atoms with E-state index in [4.69, 9.17) is 12.2 Å². The Balaban J connectivity index is 2.37. The summed E-state index contributed by atoms with van der Waals surface area (Å²) < 4.78 is 0. The summed E-state index contributed by atoms with van der Waals surface area (Å²) in [6.07, 6.45) is 4.09. The molecule has 0 spiro atoms. The van der Waals surface area contributed by atoms with Crippen molar-refractivity contribution in [2.24, 2.45) is 10.9 Å². The summed E-state index contributed by atoms with van der Waals surface area (Å²) in [5.74, 6) is 0.724. The minimum atomic E-state index is 0.514. The Morgan fingerprint density at radius 1 is 1.82 bits per heavy atom. The first-order valence-electron chi connectivity index (χ1n) is 4.01. The van der Waals surface area contributed by atoms with E-state index >= 15 is 0 Å². The molecule has 0 saturated carbocycles. The fourth-order valence-electron chi connectivity index (χ4n) is 1.26. The smallest absolute Gasteiger partial charge is 0.192 e. The number of aliphatic imine (C=N–C) groups is 1. The number of rotatable bonds is 2. The lowest BCUT2D eigenvalue weighted by atomic mass is 10.0. The molecule has 1 rings (SSSR count). The van der Waals surface area contributed by atoms with Gasteiger partial charge in [0.05, 0.1) is 0 Å². The standard InChI is InChI=1S/C8H14N2S/c1-6(2)5-7-3-4-9-8(11)10-7/h4,6-7H,3,5H2,1-2H3,(H,10,11). The predicted molar refractivity (Wildman–Crippen MR) is 52.1 cm³/mol. The number of nitrogens with one attached hydrogen (secondary N) is 1. The first-order chi connectivity index (χ1) is 5.18. The third-order valence-corrected chi connectivity index (χ3v) is 1.91. The normalized spacial score (nSPS) is 23.9. The zero-order chi connectivity index (χ0) is 8.27. The van der Waals surface area contributed by atoms with Crippen molar-refractivity contribution in [3.8, 4) is 0 Å². The van der Waals surface area contributed by atoms with Crippen LogP contribution in [0.25, 0.3) is 0 Å². The van der Waals surface area contributed by atoms with Crippen LogP contribution in [0, 0.1) is 5.92 Å². The maximum absolute atomic E-state index is 4.93. The quantitative estimate of drug-likeness (QED) is 0.638. The highest BCUT2D eigenvalue weighted by Gasteiger charge is 2.13. The van der Waals surface area contributed by atoms with Crippen molar-refractivity contribution in [3.63, 3.8) is 0 Å². The molecule has 0 saturated heterocycles. The Morgan fingerprint density at radius 2 is 2.55 bits per heavy atom. The van der Waals surface area contributed by atoms with Gasteiger partial charge in [0, 0.05) is 18.7 Å². The maximum atomic E-state index is 4.93. The van der Waals surface area contributed by atoms with Crippen molar-refractivity contribution in [2.75, 3.05) is 0 Å². The van der Waals surface area contributed by atoms with Gasteiger partial charge in [-0.25, -0.2) is 4.99 Å². The lowest BCUT2D eigenvalue weighted by Crippen LogP contribution is -2.37. The highest BCUT2D eigenvalue weighted by molar-refractivity contribution is 7.80. The zero-order valence-corrected chi connectivity index (χ0v) is 7.82. The summed E-state index contributed by atoms with van der Waals surface area (Å²) in [6, 6.07) is 0.514. The Hall–Kier alpha value is -0.440. The summed E-state index contributed by atoms with van der Waals surface area (Å²) in [7, 11) is 0. The topological polar surface area (TPSA) is 24.4 Å². The van der Waals surface area contributed by atoms with Crippen LogP contribution in [-0.4, -0.2) is 17.4 Å². The first kappa shape index (κ1) is 8.65. The SMILES string of the molecule is CC(C)CC1CC=NC(=S)N1. The Bertz CT molecular complexity index is 175. The minimum absolute atomic E-state index is 0.514. The van der Waals surface area contributed by atoms with Crippen LogP contribution in [0.2, 0.25) is 0 Å². The van der Waals surface area contributed by atoms with Crippen molar-refractivity contribution in [1.82, 2.24) is 5.32 Å². The second-order valence-corrected chi connectivity index (χ2v) is 3.71. The Morgan fingerprint density at radius 3 is 3.09 bits per heavy atom. The predicted octanol–water partition coefficient (Wildman–Crippen LogP) is 1.75. The van der Waals surface area contributed by atoms with E-state index in [2.05, 4.69) is 24.2 Å². The van der Waals surface area contributed by atoms with Crippen LogP contribution in [0.1, 0.15) is 26.7 Å². The van der Waals surface area contributed by atoms with Crippen LogP contribution >= 0.6 is 12.2 Å². The number of nitrogens with zero attached hydrogens (tertiary/aromatic N) is 1. The molecule has 0 fully saturated rings. The second-order valence-electron chi connectivity index (χ2n) is 3.32. The van der Waals surface area contributed by atoms with E-state index < -0.39 is 0 Å². The van der Waals surface area contributed by atoms with Gasteiger partial charge in [-0.3, -0.25) is 0 Å². The van der Waals surface area contributed by atoms with Gasteiger partial charge in [-0.2, -0.15) is 0 Å². The van der Waals surface area contributed by atoms with Gasteiger partial charge in [-0.1, -0.05) is 13.8 Å². The van der Waals surface area contributed by atoms with Gasteiger partial charge < -0.3 is 5.32 Å². The summed E-state index contributed by atoms with van der Waals surface area (Å²) in [4.78, 5) is 3.98. The molecule has 2 nitrogen and oxygen atoms in total. The molecular weight excluding hydrogens is 156 g/mol. The molecule has 11 heavy (non-hydrogen) atoms. The Labute approximate surface area is 73.1 Å². The van der Waals surface area contributed by atoms with Crippen LogP contribution in [0.3, 0.4) is 0 Å². The second kappa shape index (κ2) is 3.81. The van der Waals surface area contributed by atoms with Crippen molar-refractivity contribution in [2.45, 2.75) is 32.7 Å². The van der Waals surface area contributed by atoms with Gasteiger partial charge in [-0.05, 0) is 24.6 Å². The van der Waals surface area contributed by atoms with Gasteiger partial charge in [0.25, 0.3) is 0 Å². The summed E-state index contributed by atoms with van der Waals surface area (Å²) >= 11 is 4.93. The van der Waals surface area contributed by atoms with Gasteiger partial charge in [-0.15, -0.1) is 0 Å². The van der Waals surface area contributed by atoms with Crippen molar-refractivity contribution in [3.05, 3.63) is 0 Å². The monoisotopic (exact) mass is 170 g/mol. The number of hydrogen-bond donors (Lipinski definition) is 1. The summed E-state index contributed by atoms with van der Waals surface area (Å²) in [5.41, 5.74) is 0. The van der Waals surface area contributed by atoms with E-state index in [1.165, 1.54) is 6.42 Å². The Kier molecular flexibility index (Phi) is 3.00. The molecule has 0 bridgehead atoms. The molecule has 0 aromatic carbocycles. The molecule has 1 aliphatic heterocycles. The molecule has 0 radical (unpaired) electrons. The van der Waals surface area contributed by atoms with E-state index in [1.807, 2.05) is 6.21 Å². The highest BCUT2D eigenvalue weighted by atomic mass is 32.1. The molecule has 0 aliphatic carbocycles. The third kappa shape index (κ3) is 2.97. The highest BCUT2D eigenvalue weighted by Crippen LogP contribution is 2.09. The molecule has 1 N–H and O–H groups in total. The average Bonchev–Trinajstić information content (AvgIpc) is 1.85. The molecule has 1 aliphatic rings. The maximum Gasteiger partial charge on any atom is 0.192 e. The van der Waals surface area contributed by atoms with Crippen LogP contribution in [0.5, 0.6) is 0 Å². The first-order valence-corrected chi connectivity index (χ1v) is 4.42. The number of hydrogen-bond acceptors (Lipinski definition) is 1. The lowest BCUT2D eigenvalue weighted by molar-refractivity contribution is 0.473. The van der Waals surface area contributed by atoms with Gasteiger partial charge in [0.15, 0.2) is 5.11 Å². The minimum Gasteiger partial charge on any atom is -0.358 e.